The van der Waals surface area contributed by atoms with Gasteiger partial charge in [-0.25, -0.2) is 0 Å². The molecule has 3 aliphatic rings. The Morgan fingerprint density at radius 2 is 1.84 bits per heavy atom. The summed E-state index contributed by atoms with van der Waals surface area (Å²) in [7, 11) is 0. The highest BCUT2D eigenvalue weighted by Crippen LogP contribution is 2.47. The maximum absolute atomic E-state index is 12.9. The Hall–Kier alpha value is -1.06. The minimum Gasteiger partial charge on any atom is -0.340 e. The van der Waals surface area contributed by atoms with Gasteiger partial charge in [0, 0.05) is 6.54 Å². The van der Waals surface area contributed by atoms with Gasteiger partial charge in [0.2, 0.25) is 11.8 Å². The van der Waals surface area contributed by atoms with E-state index in [0.29, 0.717) is 12.5 Å². The average Bonchev–Trinajstić information content (AvgIpc) is 3.23. The fourth-order valence-corrected chi connectivity index (χ4v) is 4.01. The maximum atomic E-state index is 12.9. The normalized spacial score (nSPS) is 34.5. The molecule has 1 unspecified atom stereocenters. The van der Waals surface area contributed by atoms with Crippen molar-refractivity contribution in [1.29, 1.82) is 0 Å². The van der Waals surface area contributed by atoms with Gasteiger partial charge < -0.3 is 10.2 Å². The summed E-state index contributed by atoms with van der Waals surface area (Å²) in [6, 6.07) is 0. The number of hydrogen-bond donors (Lipinski definition) is 1. The van der Waals surface area contributed by atoms with Crippen molar-refractivity contribution < 1.29 is 9.59 Å². The van der Waals surface area contributed by atoms with E-state index in [1.165, 1.54) is 6.42 Å². The Balaban J connectivity index is 1.95. The van der Waals surface area contributed by atoms with Gasteiger partial charge in [-0.15, -0.1) is 0 Å². The molecule has 1 spiro atoms. The van der Waals surface area contributed by atoms with E-state index in [1.807, 2.05) is 18.7 Å². The molecule has 1 atom stereocenters. The molecule has 4 nitrogen and oxygen atoms in total. The van der Waals surface area contributed by atoms with Crippen LogP contribution in [0.5, 0.6) is 0 Å². The number of rotatable bonds is 2. The fourth-order valence-electron chi connectivity index (χ4n) is 4.01. The zero-order valence-electron chi connectivity index (χ0n) is 12.0. The summed E-state index contributed by atoms with van der Waals surface area (Å²) >= 11 is 0. The first kappa shape index (κ1) is 12.9. The molecule has 3 rings (SSSR count). The first-order chi connectivity index (χ1) is 9.04. The Labute approximate surface area is 114 Å². The summed E-state index contributed by atoms with van der Waals surface area (Å²) in [4.78, 5) is 27.5. The molecule has 0 aromatic heterocycles. The maximum Gasteiger partial charge on any atom is 0.249 e. The average molecular weight is 264 g/mol. The van der Waals surface area contributed by atoms with E-state index in [1.54, 1.807) is 0 Å². The monoisotopic (exact) mass is 264 g/mol. The second kappa shape index (κ2) is 4.22. The van der Waals surface area contributed by atoms with Crippen LogP contribution in [-0.4, -0.2) is 34.3 Å². The third-order valence-electron chi connectivity index (χ3n) is 5.42. The lowest BCUT2D eigenvalue weighted by Gasteiger charge is -2.52. The zero-order valence-corrected chi connectivity index (χ0v) is 12.0. The number of piperazine rings is 1. The van der Waals surface area contributed by atoms with Gasteiger partial charge in [0.05, 0.1) is 0 Å². The molecule has 0 aromatic rings. The van der Waals surface area contributed by atoms with Crippen LogP contribution in [-0.2, 0) is 9.59 Å². The SMILES string of the molecule is CCN1C(=O)C2(CCCCC2)NC(=O)C1(C)C1CC1. The second-order valence-electron chi connectivity index (χ2n) is 6.57. The van der Waals surface area contributed by atoms with Gasteiger partial charge in [0.25, 0.3) is 0 Å². The molecule has 4 heteroatoms. The van der Waals surface area contributed by atoms with E-state index in [2.05, 4.69) is 5.32 Å². The number of likely N-dealkylation sites (N-methyl/N-ethyl adjacent to an activating group) is 1. The first-order valence-corrected chi connectivity index (χ1v) is 7.69. The quantitative estimate of drug-likeness (QED) is 0.827. The second-order valence-corrected chi connectivity index (χ2v) is 6.57. The molecular weight excluding hydrogens is 240 g/mol. The number of carbonyl (C=O) groups excluding carboxylic acids is 2. The van der Waals surface area contributed by atoms with Crippen molar-refractivity contribution in [1.82, 2.24) is 10.2 Å². The number of nitrogens with zero attached hydrogens (tertiary/aromatic N) is 1. The van der Waals surface area contributed by atoms with Gasteiger partial charge in [-0.2, -0.15) is 0 Å². The lowest BCUT2D eigenvalue weighted by Crippen LogP contribution is -2.75. The van der Waals surface area contributed by atoms with E-state index in [4.69, 9.17) is 0 Å². The highest BCUT2D eigenvalue weighted by molar-refractivity contribution is 6.02. The van der Waals surface area contributed by atoms with Crippen LogP contribution in [0.4, 0.5) is 0 Å². The lowest BCUT2D eigenvalue weighted by atomic mass is 9.75. The van der Waals surface area contributed by atoms with Crippen LogP contribution >= 0.6 is 0 Å². The molecule has 2 saturated carbocycles. The van der Waals surface area contributed by atoms with E-state index in [-0.39, 0.29) is 11.8 Å². The van der Waals surface area contributed by atoms with Crippen LogP contribution in [0.25, 0.3) is 0 Å². The summed E-state index contributed by atoms with van der Waals surface area (Å²) in [5, 5.41) is 3.13. The predicted molar refractivity (Wildman–Crippen MR) is 72.5 cm³/mol. The van der Waals surface area contributed by atoms with Crippen LogP contribution < -0.4 is 5.32 Å². The summed E-state index contributed by atoms with van der Waals surface area (Å²) < 4.78 is 0. The number of carbonyl (C=O) groups is 2. The van der Waals surface area contributed by atoms with Gasteiger partial charge in [0.15, 0.2) is 0 Å². The summed E-state index contributed by atoms with van der Waals surface area (Å²) in [5.41, 5.74) is -1.19. The molecule has 0 radical (unpaired) electrons. The molecule has 1 N–H and O–H groups in total. The standard InChI is InChI=1S/C15H24N2O2/c1-3-17-13(19)15(9-5-4-6-10-15)16-12(18)14(17,2)11-7-8-11/h11H,3-10H2,1-2H3,(H,16,18). The topological polar surface area (TPSA) is 49.4 Å². The van der Waals surface area contributed by atoms with Crippen molar-refractivity contribution in [2.45, 2.75) is 69.9 Å². The zero-order chi connectivity index (χ0) is 13.7. The Morgan fingerprint density at radius 1 is 1.21 bits per heavy atom. The van der Waals surface area contributed by atoms with Crippen LogP contribution in [0, 0.1) is 5.92 Å². The molecule has 3 fully saturated rings. The molecule has 1 aliphatic heterocycles. The number of hydrogen-bond acceptors (Lipinski definition) is 2. The third kappa shape index (κ3) is 1.72. The van der Waals surface area contributed by atoms with Crippen molar-refractivity contribution in [3.05, 3.63) is 0 Å². The molecule has 106 valence electrons. The Kier molecular flexibility index (Phi) is 2.88. The molecule has 2 amide bonds. The highest BCUT2D eigenvalue weighted by Gasteiger charge is 2.60. The number of amides is 2. The smallest absolute Gasteiger partial charge is 0.249 e. The highest BCUT2D eigenvalue weighted by atomic mass is 16.2. The van der Waals surface area contributed by atoms with E-state index >= 15 is 0 Å². The molecule has 0 aromatic carbocycles. The Bertz CT molecular complexity index is 410. The van der Waals surface area contributed by atoms with Crippen molar-refractivity contribution in [2.24, 2.45) is 5.92 Å². The van der Waals surface area contributed by atoms with Crippen molar-refractivity contribution >= 4 is 11.8 Å². The minimum absolute atomic E-state index is 0.0818. The van der Waals surface area contributed by atoms with E-state index < -0.39 is 11.1 Å². The van der Waals surface area contributed by atoms with E-state index in [9.17, 15) is 9.59 Å². The number of nitrogens with one attached hydrogen (secondary N) is 1. The van der Waals surface area contributed by atoms with Crippen molar-refractivity contribution in [3.8, 4) is 0 Å². The molecule has 1 saturated heterocycles. The van der Waals surface area contributed by atoms with E-state index in [0.717, 1.165) is 38.5 Å². The summed E-state index contributed by atoms with van der Waals surface area (Å²) in [6.07, 6.45) is 7.04. The van der Waals surface area contributed by atoms with Gasteiger partial charge in [-0.1, -0.05) is 19.3 Å². The molecule has 19 heavy (non-hydrogen) atoms. The fraction of sp³-hybridized carbons (Fsp3) is 0.867. The van der Waals surface area contributed by atoms with Crippen LogP contribution in [0.1, 0.15) is 58.8 Å². The molecular formula is C15H24N2O2. The van der Waals surface area contributed by atoms with Crippen molar-refractivity contribution in [2.75, 3.05) is 6.54 Å². The lowest BCUT2D eigenvalue weighted by molar-refractivity contribution is -0.165. The minimum atomic E-state index is -0.603. The van der Waals surface area contributed by atoms with Gasteiger partial charge in [0.1, 0.15) is 11.1 Å². The third-order valence-corrected chi connectivity index (χ3v) is 5.42. The Morgan fingerprint density at radius 3 is 2.37 bits per heavy atom. The molecule has 0 bridgehead atoms. The van der Waals surface area contributed by atoms with Gasteiger partial charge in [-0.05, 0) is 45.4 Å². The van der Waals surface area contributed by atoms with Gasteiger partial charge in [-0.3, -0.25) is 9.59 Å². The largest absolute Gasteiger partial charge is 0.340 e. The predicted octanol–water partition coefficient (Wildman–Crippen LogP) is 1.84. The van der Waals surface area contributed by atoms with Crippen molar-refractivity contribution in [3.63, 3.8) is 0 Å². The molecule has 1 heterocycles. The first-order valence-electron chi connectivity index (χ1n) is 7.69. The van der Waals surface area contributed by atoms with Gasteiger partial charge >= 0.3 is 0 Å². The summed E-state index contributed by atoms with van der Waals surface area (Å²) in [5.74, 6) is 0.611. The summed E-state index contributed by atoms with van der Waals surface area (Å²) in [6.45, 7) is 4.59. The van der Waals surface area contributed by atoms with Crippen LogP contribution in [0.2, 0.25) is 0 Å². The molecule has 2 aliphatic carbocycles. The van der Waals surface area contributed by atoms with Crippen LogP contribution in [0.15, 0.2) is 0 Å². The van der Waals surface area contributed by atoms with Crippen LogP contribution in [0.3, 0.4) is 0 Å².